The van der Waals surface area contributed by atoms with E-state index in [-0.39, 0.29) is 32.7 Å². The van der Waals surface area contributed by atoms with Crippen LogP contribution in [-0.2, 0) is 24.3 Å². The minimum absolute atomic E-state index is 0. The van der Waals surface area contributed by atoms with Crippen molar-refractivity contribution in [3.05, 3.63) is 37.1 Å². The van der Waals surface area contributed by atoms with Crippen molar-refractivity contribution < 1.29 is 65.9 Å². The van der Waals surface area contributed by atoms with Crippen molar-refractivity contribution in [2.45, 2.75) is 12.4 Å². The Balaban J connectivity index is -0.000000150. The third-order valence-corrected chi connectivity index (χ3v) is 1.10. The first-order valence-electron chi connectivity index (χ1n) is 4.90. The average molecular weight is 427 g/mol. The van der Waals surface area contributed by atoms with E-state index < -0.39 is 30.0 Å². The van der Waals surface area contributed by atoms with Crippen molar-refractivity contribution in [3.8, 4) is 0 Å². The Bertz CT molecular complexity index is 341. The van der Waals surface area contributed by atoms with Gasteiger partial charge in [0.2, 0.25) is 5.76 Å². The van der Waals surface area contributed by atoms with E-state index in [1.807, 2.05) is 0 Å². The van der Waals surface area contributed by atoms with Gasteiger partial charge in [-0.25, -0.2) is 0 Å². The van der Waals surface area contributed by atoms with Gasteiger partial charge in [0, 0.05) is 25.6 Å². The molecule has 0 aliphatic rings. The summed E-state index contributed by atoms with van der Waals surface area (Å²) in [4.78, 5) is 9.86. The van der Waals surface area contributed by atoms with Crippen LogP contribution < -0.4 is 0 Å². The van der Waals surface area contributed by atoms with E-state index in [2.05, 4.69) is 13.2 Å². The predicted molar refractivity (Wildman–Crippen MR) is 62.4 cm³/mol. The van der Waals surface area contributed by atoms with Gasteiger partial charge in [0.05, 0.1) is 13.2 Å². The van der Waals surface area contributed by atoms with E-state index in [1.54, 1.807) is 0 Å². The van der Waals surface area contributed by atoms with Gasteiger partial charge < -0.3 is 15.3 Å². The Morgan fingerprint density at radius 2 is 1.18 bits per heavy atom. The first kappa shape index (κ1) is 28.9. The Morgan fingerprint density at radius 3 is 1.32 bits per heavy atom. The second-order valence-electron chi connectivity index (χ2n) is 2.83. The predicted octanol–water partition coefficient (Wildman–Crippen LogP) is 2.45. The van der Waals surface area contributed by atoms with E-state index in [0.717, 1.165) is 0 Å². The van der Waals surface area contributed by atoms with Crippen molar-refractivity contribution >= 4 is 5.78 Å². The Kier molecular flexibility index (Phi) is 19.4. The number of carbonyl (C=O) groups excluding carboxylic acids is 1. The zero-order valence-electron chi connectivity index (χ0n) is 10.9. The number of hydrogen-bond acceptors (Lipinski definition) is 4. The van der Waals surface area contributed by atoms with Crippen molar-refractivity contribution in [1.29, 1.82) is 0 Å². The zero-order valence-corrected chi connectivity index (χ0v) is 12.6. The standard InChI is InChI=1S/C5H2F6O2.2C3H6O.Rh/c6-4(7,8)2(12)1-3(13)5(9,10)11;2*1-2-3-4;/h1,12H;2*2,4H,1,3H2;/b2-1-;;;. The molecule has 0 aromatic carbocycles. The molecule has 0 rings (SSSR count). The van der Waals surface area contributed by atoms with Crippen molar-refractivity contribution in [1.82, 2.24) is 0 Å². The van der Waals surface area contributed by atoms with E-state index in [0.29, 0.717) is 0 Å². The first-order valence-corrected chi connectivity index (χ1v) is 4.90. The summed E-state index contributed by atoms with van der Waals surface area (Å²) >= 11 is 0. The maximum absolute atomic E-state index is 11.4. The van der Waals surface area contributed by atoms with Gasteiger partial charge in [0.1, 0.15) is 0 Å². The SMILES string of the molecule is C=CCO.C=CCO.O=C(/C=C(\O)C(F)(F)F)C(F)(F)F.[Rh]. The number of aliphatic hydroxyl groups excluding tert-OH is 3. The van der Waals surface area contributed by atoms with E-state index >= 15 is 0 Å². The second-order valence-corrected chi connectivity index (χ2v) is 2.83. The molecule has 0 amide bonds. The minimum Gasteiger partial charge on any atom is -0.504 e. The van der Waals surface area contributed by atoms with Crippen LogP contribution in [0.1, 0.15) is 0 Å². The van der Waals surface area contributed by atoms with Gasteiger partial charge in [0.15, 0.2) is 0 Å². The summed E-state index contributed by atoms with van der Waals surface area (Å²) < 4.78 is 68.1. The maximum Gasteiger partial charge on any atom is 0.454 e. The molecule has 133 valence electrons. The van der Waals surface area contributed by atoms with E-state index in [4.69, 9.17) is 15.3 Å². The summed E-state index contributed by atoms with van der Waals surface area (Å²) in [5.74, 6) is -5.34. The molecule has 0 atom stereocenters. The number of hydrogen-bond donors (Lipinski definition) is 3. The van der Waals surface area contributed by atoms with Crippen LogP contribution in [0.25, 0.3) is 0 Å². The molecule has 0 aromatic rings. The van der Waals surface area contributed by atoms with Gasteiger partial charge in [-0.05, 0) is 0 Å². The summed E-state index contributed by atoms with van der Waals surface area (Å²) in [6.45, 7) is 6.62. The molecule has 11 heteroatoms. The van der Waals surface area contributed by atoms with Crippen LogP contribution in [0.15, 0.2) is 37.1 Å². The number of halogens is 6. The fourth-order valence-corrected chi connectivity index (χ4v) is 0.288. The van der Waals surface area contributed by atoms with Crippen molar-refractivity contribution in [3.63, 3.8) is 0 Å². The number of allylic oxidation sites excluding steroid dienone is 2. The van der Waals surface area contributed by atoms with Crippen LogP contribution in [0, 0.1) is 0 Å². The monoisotopic (exact) mass is 427 g/mol. The van der Waals surface area contributed by atoms with Gasteiger partial charge in [0.25, 0.3) is 5.78 Å². The number of carbonyl (C=O) groups is 1. The molecule has 0 saturated heterocycles. The summed E-state index contributed by atoms with van der Waals surface area (Å²) in [6.07, 6.45) is -8.82. The van der Waals surface area contributed by atoms with Crippen LogP contribution in [-0.4, -0.2) is 46.7 Å². The molecule has 0 saturated carbocycles. The molecule has 0 aliphatic heterocycles. The average Bonchev–Trinajstić information content (AvgIpc) is 2.37. The Hall–Kier alpha value is -1.19. The first-order chi connectivity index (χ1) is 9.38. The summed E-state index contributed by atoms with van der Waals surface area (Å²) in [6, 6.07) is 0. The quantitative estimate of drug-likeness (QED) is 0.213. The second kappa shape index (κ2) is 14.7. The molecule has 0 unspecified atom stereocenters. The smallest absolute Gasteiger partial charge is 0.454 e. The molecule has 0 aliphatic carbocycles. The normalized spacial score (nSPS) is 10.8. The minimum atomic E-state index is -5.42. The Morgan fingerprint density at radius 1 is 0.909 bits per heavy atom. The van der Waals surface area contributed by atoms with Crippen LogP contribution in [0.3, 0.4) is 0 Å². The molecule has 0 spiro atoms. The molecule has 3 N–H and O–H groups in total. The van der Waals surface area contributed by atoms with Crippen LogP contribution in [0.2, 0.25) is 0 Å². The molecule has 0 fully saturated rings. The van der Waals surface area contributed by atoms with Crippen molar-refractivity contribution in [2.24, 2.45) is 0 Å². The van der Waals surface area contributed by atoms with Crippen molar-refractivity contribution in [2.75, 3.05) is 13.2 Å². The molecule has 1 radical (unpaired) electrons. The summed E-state index contributed by atoms with van der Waals surface area (Å²) in [7, 11) is 0. The van der Waals surface area contributed by atoms with Gasteiger partial charge >= 0.3 is 12.4 Å². The zero-order chi connectivity index (χ0) is 17.7. The third kappa shape index (κ3) is 21.1. The molecular weight excluding hydrogens is 413 g/mol. The molecule has 0 heterocycles. The fourth-order valence-electron chi connectivity index (χ4n) is 0.288. The molecule has 4 nitrogen and oxygen atoms in total. The fraction of sp³-hybridized carbons (Fsp3) is 0.364. The van der Waals surface area contributed by atoms with Crippen LogP contribution in [0.4, 0.5) is 26.3 Å². The van der Waals surface area contributed by atoms with Gasteiger partial charge in [-0.15, -0.1) is 13.2 Å². The topological polar surface area (TPSA) is 77.8 Å². The van der Waals surface area contributed by atoms with Crippen LogP contribution >= 0.6 is 0 Å². The largest absolute Gasteiger partial charge is 0.504 e. The Labute approximate surface area is 135 Å². The summed E-state index contributed by atoms with van der Waals surface area (Å²) in [5.41, 5.74) is 0. The van der Waals surface area contributed by atoms with E-state index in [1.165, 1.54) is 12.2 Å². The maximum atomic E-state index is 11.4. The molecule has 0 bridgehead atoms. The number of ketones is 1. The molecular formula is C11H14F6O4Rh. The molecule has 22 heavy (non-hydrogen) atoms. The molecule has 0 aromatic heterocycles. The van der Waals surface area contributed by atoms with Gasteiger partial charge in [-0.1, -0.05) is 12.2 Å². The van der Waals surface area contributed by atoms with Gasteiger partial charge in [-0.3, -0.25) is 4.79 Å². The van der Waals surface area contributed by atoms with Crippen LogP contribution in [0.5, 0.6) is 0 Å². The number of alkyl halides is 6. The number of rotatable bonds is 3. The van der Waals surface area contributed by atoms with E-state index in [9.17, 15) is 31.1 Å². The summed E-state index contributed by atoms with van der Waals surface area (Å²) in [5, 5.41) is 23.4. The van der Waals surface area contributed by atoms with Gasteiger partial charge in [-0.2, -0.15) is 26.3 Å². The number of aliphatic hydroxyl groups is 3. The third-order valence-electron chi connectivity index (χ3n) is 1.10.